The van der Waals surface area contributed by atoms with E-state index >= 15 is 0 Å². The number of halogens is 3. The zero-order chi connectivity index (χ0) is 26.5. The van der Waals surface area contributed by atoms with E-state index in [0.29, 0.717) is 28.5 Å². The number of carboxylic acid groups (broad SMARTS) is 1. The van der Waals surface area contributed by atoms with Gasteiger partial charge in [-0.2, -0.15) is 13.2 Å². The third-order valence-corrected chi connectivity index (χ3v) is 6.65. The van der Waals surface area contributed by atoms with Gasteiger partial charge in [0.05, 0.1) is 16.9 Å². The van der Waals surface area contributed by atoms with Crippen LogP contribution in [0.1, 0.15) is 58.5 Å². The Labute approximate surface area is 211 Å². The second-order valence-electron chi connectivity index (χ2n) is 8.89. The van der Waals surface area contributed by atoms with E-state index in [1.807, 2.05) is 25.1 Å². The van der Waals surface area contributed by atoms with Gasteiger partial charge in [0.1, 0.15) is 11.9 Å². The number of amides is 1. The fourth-order valence-electron chi connectivity index (χ4n) is 3.70. The SMILES string of the molecule is Cc1cc(O[C@@H](CC(C)C)c2ccc(C(=O)NCCC(=O)O)s2)ccc1-c1ccc(C(F)(F)F)cc1. The smallest absolute Gasteiger partial charge is 0.416 e. The van der Waals surface area contributed by atoms with Crippen molar-refractivity contribution < 1.29 is 32.6 Å². The largest absolute Gasteiger partial charge is 0.485 e. The number of hydrogen-bond acceptors (Lipinski definition) is 4. The van der Waals surface area contributed by atoms with Crippen molar-refractivity contribution >= 4 is 23.2 Å². The van der Waals surface area contributed by atoms with Crippen molar-refractivity contribution in [1.29, 1.82) is 0 Å². The van der Waals surface area contributed by atoms with Gasteiger partial charge in [-0.3, -0.25) is 9.59 Å². The van der Waals surface area contributed by atoms with Crippen molar-refractivity contribution in [2.45, 2.75) is 45.9 Å². The van der Waals surface area contributed by atoms with Gasteiger partial charge in [0.2, 0.25) is 0 Å². The van der Waals surface area contributed by atoms with Crippen LogP contribution in [0.5, 0.6) is 5.75 Å². The Balaban J connectivity index is 1.76. The first kappa shape index (κ1) is 27.3. The number of ether oxygens (including phenoxy) is 1. The molecule has 2 aromatic carbocycles. The molecule has 192 valence electrons. The quantitative estimate of drug-likeness (QED) is 0.299. The van der Waals surface area contributed by atoms with Crippen LogP contribution >= 0.6 is 11.3 Å². The molecule has 0 saturated heterocycles. The van der Waals surface area contributed by atoms with Gasteiger partial charge in [0, 0.05) is 11.4 Å². The number of aryl methyl sites for hydroxylation is 1. The molecule has 9 heteroatoms. The van der Waals surface area contributed by atoms with Gasteiger partial charge >= 0.3 is 12.1 Å². The minimum atomic E-state index is -4.38. The number of nitrogens with one attached hydrogen (secondary N) is 1. The summed E-state index contributed by atoms with van der Waals surface area (Å²) in [5, 5.41) is 11.3. The first-order valence-electron chi connectivity index (χ1n) is 11.5. The molecule has 0 aliphatic carbocycles. The van der Waals surface area contributed by atoms with E-state index in [1.54, 1.807) is 12.1 Å². The molecule has 3 aromatic rings. The number of carbonyl (C=O) groups excluding carboxylic acids is 1. The van der Waals surface area contributed by atoms with Crippen molar-refractivity contribution in [2.75, 3.05) is 6.54 Å². The lowest BCUT2D eigenvalue weighted by Crippen LogP contribution is -2.25. The lowest BCUT2D eigenvalue weighted by Gasteiger charge is -2.21. The maximum absolute atomic E-state index is 12.9. The fourth-order valence-corrected chi connectivity index (χ4v) is 4.67. The summed E-state index contributed by atoms with van der Waals surface area (Å²) in [6.07, 6.45) is -4.12. The highest BCUT2D eigenvalue weighted by Gasteiger charge is 2.30. The molecule has 1 amide bonds. The van der Waals surface area contributed by atoms with Crippen molar-refractivity contribution in [3.63, 3.8) is 0 Å². The molecule has 0 saturated carbocycles. The normalized spacial score (nSPS) is 12.4. The van der Waals surface area contributed by atoms with Crippen molar-refractivity contribution in [3.05, 3.63) is 75.5 Å². The maximum Gasteiger partial charge on any atom is 0.416 e. The van der Waals surface area contributed by atoms with Gasteiger partial charge in [-0.15, -0.1) is 11.3 Å². The fraction of sp³-hybridized carbons (Fsp3) is 0.333. The van der Waals surface area contributed by atoms with Gasteiger partial charge in [-0.1, -0.05) is 32.0 Å². The van der Waals surface area contributed by atoms with E-state index in [1.165, 1.54) is 23.5 Å². The number of hydrogen-bond donors (Lipinski definition) is 2. The number of rotatable bonds is 10. The molecule has 1 atom stereocenters. The zero-order valence-electron chi connectivity index (χ0n) is 20.2. The third kappa shape index (κ3) is 7.34. The van der Waals surface area contributed by atoms with E-state index in [0.717, 1.165) is 28.1 Å². The van der Waals surface area contributed by atoms with E-state index in [9.17, 15) is 22.8 Å². The molecule has 1 aromatic heterocycles. The van der Waals surface area contributed by atoms with Crippen LogP contribution in [0.3, 0.4) is 0 Å². The Morgan fingerprint density at radius 3 is 2.33 bits per heavy atom. The Bertz CT molecular complexity index is 1200. The van der Waals surface area contributed by atoms with Crippen molar-refractivity contribution in [3.8, 4) is 16.9 Å². The summed E-state index contributed by atoms with van der Waals surface area (Å²) in [6, 6.07) is 14.1. The Morgan fingerprint density at radius 2 is 1.75 bits per heavy atom. The third-order valence-electron chi connectivity index (χ3n) is 5.48. The highest BCUT2D eigenvalue weighted by atomic mass is 32.1. The van der Waals surface area contributed by atoms with Crippen LogP contribution in [-0.4, -0.2) is 23.5 Å². The number of carboxylic acids is 1. The van der Waals surface area contributed by atoms with Crippen molar-refractivity contribution in [2.24, 2.45) is 5.92 Å². The van der Waals surface area contributed by atoms with E-state index in [-0.39, 0.29) is 25.0 Å². The minimum absolute atomic E-state index is 0.0535. The molecule has 0 spiro atoms. The molecule has 3 rings (SSSR count). The summed E-state index contributed by atoms with van der Waals surface area (Å²) in [5.41, 5.74) is 1.67. The van der Waals surface area contributed by atoms with Crippen LogP contribution in [0, 0.1) is 12.8 Å². The topological polar surface area (TPSA) is 75.6 Å². The summed E-state index contributed by atoms with van der Waals surface area (Å²) in [5.74, 6) is -0.369. The molecule has 0 unspecified atom stereocenters. The Kier molecular flexibility index (Phi) is 8.79. The zero-order valence-corrected chi connectivity index (χ0v) is 21.0. The monoisotopic (exact) mass is 519 g/mol. The van der Waals surface area contributed by atoms with Crippen LogP contribution in [0.15, 0.2) is 54.6 Å². The summed E-state index contributed by atoms with van der Waals surface area (Å²) in [7, 11) is 0. The van der Waals surface area contributed by atoms with Gasteiger partial charge in [0.25, 0.3) is 5.91 Å². The lowest BCUT2D eigenvalue weighted by molar-refractivity contribution is -0.138. The Hall–Kier alpha value is -3.33. The summed E-state index contributed by atoms with van der Waals surface area (Å²) >= 11 is 1.30. The first-order valence-corrected chi connectivity index (χ1v) is 12.3. The maximum atomic E-state index is 12.9. The molecule has 0 aliphatic rings. The molecule has 36 heavy (non-hydrogen) atoms. The van der Waals surface area contributed by atoms with Crippen LogP contribution < -0.4 is 10.1 Å². The molecule has 1 heterocycles. The van der Waals surface area contributed by atoms with Gasteiger partial charge in [-0.05, 0) is 72.4 Å². The highest BCUT2D eigenvalue weighted by Crippen LogP contribution is 2.35. The van der Waals surface area contributed by atoms with E-state index < -0.39 is 17.7 Å². The standard InChI is InChI=1S/C27H28F3NO4S/c1-16(2)14-22(23-10-11-24(36-23)26(34)31-13-12-25(32)33)35-20-8-9-21(17(3)15-20)18-4-6-19(7-5-18)27(28,29)30/h4-11,15-16,22H,12-14H2,1-3H3,(H,31,34)(H,32,33)/t22-/m0/s1. The number of aliphatic carboxylic acids is 1. The average molecular weight is 520 g/mol. The molecule has 5 nitrogen and oxygen atoms in total. The molecule has 0 radical (unpaired) electrons. The molecule has 2 N–H and O–H groups in total. The molecule has 0 aliphatic heterocycles. The molecular weight excluding hydrogens is 491 g/mol. The van der Waals surface area contributed by atoms with E-state index in [4.69, 9.17) is 9.84 Å². The average Bonchev–Trinajstić information content (AvgIpc) is 3.28. The summed E-state index contributed by atoms with van der Waals surface area (Å²) in [4.78, 5) is 24.3. The van der Waals surface area contributed by atoms with Crippen LogP contribution in [-0.2, 0) is 11.0 Å². The van der Waals surface area contributed by atoms with Gasteiger partial charge in [-0.25, -0.2) is 0 Å². The van der Waals surface area contributed by atoms with Gasteiger partial charge < -0.3 is 15.2 Å². The lowest BCUT2D eigenvalue weighted by atomic mass is 9.99. The summed E-state index contributed by atoms with van der Waals surface area (Å²) < 4.78 is 44.9. The Morgan fingerprint density at radius 1 is 1.06 bits per heavy atom. The molecule has 0 bridgehead atoms. The predicted molar refractivity (Wildman–Crippen MR) is 133 cm³/mol. The van der Waals surface area contributed by atoms with Crippen LogP contribution in [0.25, 0.3) is 11.1 Å². The summed E-state index contributed by atoms with van der Waals surface area (Å²) in [6.45, 7) is 6.07. The number of alkyl halides is 3. The van der Waals surface area contributed by atoms with Crippen LogP contribution in [0.2, 0.25) is 0 Å². The van der Waals surface area contributed by atoms with Crippen LogP contribution in [0.4, 0.5) is 13.2 Å². The van der Waals surface area contributed by atoms with E-state index in [2.05, 4.69) is 19.2 Å². The predicted octanol–water partition coefficient (Wildman–Crippen LogP) is 7.11. The second kappa shape index (κ2) is 11.6. The van der Waals surface area contributed by atoms with Crippen molar-refractivity contribution in [1.82, 2.24) is 5.32 Å². The highest BCUT2D eigenvalue weighted by molar-refractivity contribution is 7.14. The molecule has 0 fully saturated rings. The number of thiophene rings is 1. The molecular formula is C27H28F3NO4S. The number of carbonyl (C=O) groups is 2. The van der Waals surface area contributed by atoms with Gasteiger partial charge in [0.15, 0.2) is 0 Å². The number of benzene rings is 2. The second-order valence-corrected chi connectivity index (χ2v) is 10.0. The minimum Gasteiger partial charge on any atom is -0.485 e. The first-order chi connectivity index (χ1) is 16.9.